The van der Waals surface area contributed by atoms with Gasteiger partial charge >= 0.3 is 0 Å². The fourth-order valence-corrected chi connectivity index (χ4v) is 4.65. The number of rotatable bonds is 9. The normalized spacial score (nSPS) is 11.5. The molecule has 1 amide bonds. The Morgan fingerprint density at radius 3 is 2.55 bits per heavy atom. The molecule has 0 saturated carbocycles. The van der Waals surface area contributed by atoms with E-state index in [1.807, 2.05) is 5.38 Å². The number of thiazole rings is 1. The molecular weight excluding hydrogens is 467 g/mol. The number of anilines is 1. The average Bonchev–Trinajstić information content (AvgIpc) is 3.30. The molecule has 0 fully saturated rings. The molecule has 0 radical (unpaired) electrons. The molecule has 0 spiro atoms. The van der Waals surface area contributed by atoms with Crippen LogP contribution < -0.4 is 10.1 Å². The number of benzene rings is 2. The van der Waals surface area contributed by atoms with E-state index in [2.05, 4.69) is 10.3 Å². The predicted octanol–water partition coefficient (Wildman–Crippen LogP) is 3.43. The molecule has 0 aliphatic heterocycles. The highest BCUT2D eigenvalue weighted by atomic mass is 32.2. The number of carbonyl (C=O) groups excluding carboxylic acids is 1. The van der Waals surface area contributed by atoms with Crippen molar-refractivity contribution in [2.24, 2.45) is 0 Å². The first-order chi connectivity index (χ1) is 15.6. The first kappa shape index (κ1) is 24.6. The van der Waals surface area contributed by atoms with Crippen molar-refractivity contribution in [1.29, 1.82) is 0 Å². The van der Waals surface area contributed by atoms with Crippen LogP contribution in [-0.4, -0.2) is 56.8 Å². The van der Waals surface area contributed by atoms with Gasteiger partial charge in [-0.25, -0.2) is 22.1 Å². The summed E-state index contributed by atoms with van der Waals surface area (Å²) >= 11 is 1.42. The third-order valence-corrected chi connectivity index (χ3v) is 7.44. The highest BCUT2D eigenvalue weighted by molar-refractivity contribution is 7.89. The summed E-state index contributed by atoms with van der Waals surface area (Å²) in [6.45, 7) is 0.380. The Morgan fingerprint density at radius 2 is 1.94 bits per heavy atom. The van der Waals surface area contributed by atoms with Crippen molar-refractivity contribution in [3.05, 3.63) is 69.9 Å². The maximum Gasteiger partial charge on any atom is 0.254 e. The summed E-state index contributed by atoms with van der Waals surface area (Å²) in [7, 11) is 2.09. The van der Waals surface area contributed by atoms with E-state index >= 15 is 0 Å². The lowest BCUT2D eigenvalue weighted by Gasteiger charge is -2.19. The minimum atomic E-state index is -3.81. The second-order valence-corrected chi connectivity index (χ2v) is 10.6. The Hall–Kier alpha value is -3.02. The molecule has 1 aromatic heterocycles. The minimum Gasteiger partial charge on any atom is -0.497 e. The molecule has 8 nitrogen and oxygen atoms in total. The van der Waals surface area contributed by atoms with E-state index in [9.17, 15) is 17.6 Å². The van der Waals surface area contributed by atoms with Crippen molar-refractivity contribution in [2.45, 2.75) is 18.0 Å². The van der Waals surface area contributed by atoms with Gasteiger partial charge in [0.15, 0.2) is 0 Å². The summed E-state index contributed by atoms with van der Waals surface area (Å²) in [5, 5.41) is 5.60. The van der Waals surface area contributed by atoms with E-state index in [4.69, 9.17) is 4.74 Å². The molecule has 2 aromatic carbocycles. The lowest BCUT2D eigenvalue weighted by atomic mass is 10.1. The molecular formula is C22H25FN4O4S2. The number of aromatic nitrogens is 1. The van der Waals surface area contributed by atoms with Crippen LogP contribution in [0.3, 0.4) is 0 Å². The number of methoxy groups -OCH3 is 1. The Balaban J connectivity index is 1.91. The minimum absolute atomic E-state index is 0.0429. The lowest BCUT2D eigenvalue weighted by Crippen LogP contribution is -2.27. The van der Waals surface area contributed by atoms with Gasteiger partial charge in [0.05, 0.1) is 18.6 Å². The predicted molar refractivity (Wildman–Crippen MR) is 126 cm³/mol. The van der Waals surface area contributed by atoms with Crippen LogP contribution in [0.25, 0.3) is 0 Å². The fourth-order valence-electron chi connectivity index (χ4n) is 3.01. The third-order valence-electron chi connectivity index (χ3n) is 4.88. The zero-order valence-corrected chi connectivity index (χ0v) is 20.3. The number of sulfonamides is 1. The molecule has 0 atom stereocenters. The van der Waals surface area contributed by atoms with Crippen LogP contribution in [0.1, 0.15) is 20.9 Å². The number of amides is 1. The third kappa shape index (κ3) is 5.86. The van der Waals surface area contributed by atoms with Crippen LogP contribution >= 0.6 is 11.3 Å². The molecule has 3 rings (SSSR count). The molecule has 0 saturated heterocycles. The molecule has 1 N–H and O–H groups in total. The number of nitrogens with one attached hydrogen (secondary N) is 1. The van der Waals surface area contributed by atoms with E-state index in [-0.39, 0.29) is 22.9 Å². The van der Waals surface area contributed by atoms with Crippen molar-refractivity contribution >= 4 is 33.0 Å². The molecule has 0 aliphatic carbocycles. The number of hydrogen-bond donors (Lipinski definition) is 1. The maximum atomic E-state index is 14.3. The Morgan fingerprint density at radius 1 is 1.18 bits per heavy atom. The zero-order chi connectivity index (χ0) is 24.2. The van der Waals surface area contributed by atoms with Crippen molar-refractivity contribution in [3.8, 4) is 5.75 Å². The Bertz CT molecular complexity index is 1230. The van der Waals surface area contributed by atoms with Crippen LogP contribution in [0.5, 0.6) is 5.75 Å². The molecule has 1 heterocycles. The summed E-state index contributed by atoms with van der Waals surface area (Å²) in [5.41, 5.74) is 0.930. The van der Waals surface area contributed by atoms with Gasteiger partial charge in [-0.3, -0.25) is 4.79 Å². The highest BCUT2D eigenvalue weighted by Gasteiger charge is 2.22. The van der Waals surface area contributed by atoms with Gasteiger partial charge in [-0.2, -0.15) is 0 Å². The second-order valence-electron chi connectivity index (χ2n) is 7.43. The number of ether oxygens (including phenoxy) is 1. The summed E-state index contributed by atoms with van der Waals surface area (Å²) < 4.78 is 46.0. The van der Waals surface area contributed by atoms with Crippen LogP contribution in [0.2, 0.25) is 0 Å². The second kappa shape index (κ2) is 10.3. The van der Waals surface area contributed by atoms with Crippen LogP contribution in [0.4, 0.5) is 10.1 Å². The van der Waals surface area contributed by atoms with Gasteiger partial charge in [-0.05, 0) is 24.3 Å². The first-order valence-corrected chi connectivity index (χ1v) is 12.2. The SMILES string of the molecule is COc1ccc(CNc2cc(C(=O)N(C)Cc3nccs3)cc(S(=O)(=O)N(C)C)c2)c(F)c1. The average molecular weight is 493 g/mol. The van der Waals surface area contributed by atoms with E-state index in [1.165, 1.54) is 55.6 Å². The summed E-state index contributed by atoms with van der Waals surface area (Å²) in [6, 6.07) is 8.80. The van der Waals surface area contributed by atoms with Gasteiger partial charge < -0.3 is 15.0 Å². The Labute approximate surface area is 196 Å². The summed E-state index contributed by atoms with van der Waals surface area (Å²) in [6.07, 6.45) is 1.66. The number of hydrogen-bond acceptors (Lipinski definition) is 7. The Kier molecular flexibility index (Phi) is 7.67. The summed E-state index contributed by atoms with van der Waals surface area (Å²) in [4.78, 5) is 18.7. The monoisotopic (exact) mass is 492 g/mol. The topological polar surface area (TPSA) is 91.8 Å². The van der Waals surface area contributed by atoms with Gasteiger partial charge in [-0.15, -0.1) is 11.3 Å². The smallest absolute Gasteiger partial charge is 0.254 e. The molecule has 0 aliphatic rings. The van der Waals surface area contributed by atoms with Gasteiger partial charge in [0.1, 0.15) is 16.6 Å². The van der Waals surface area contributed by atoms with Crippen molar-refractivity contribution in [3.63, 3.8) is 0 Å². The zero-order valence-electron chi connectivity index (χ0n) is 18.7. The maximum absolute atomic E-state index is 14.3. The van der Waals surface area contributed by atoms with Crippen LogP contribution in [0.15, 0.2) is 52.9 Å². The summed E-state index contributed by atoms with van der Waals surface area (Å²) in [5.74, 6) is -0.426. The quantitative estimate of drug-likeness (QED) is 0.492. The van der Waals surface area contributed by atoms with Gasteiger partial charge in [0.25, 0.3) is 5.91 Å². The molecule has 33 heavy (non-hydrogen) atoms. The van der Waals surface area contributed by atoms with E-state index < -0.39 is 15.8 Å². The molecule has 11 heteroatoms. The van der Waals surface area contributed by atoms with E-state index in [1.54, 1.807) is 31.4 Å². The van der Waals surface area contributed by atoms with Crippen molar-refractivity contribution in [2.75, 3.05) is 33.6 Å². The molecule has 3 aromatic rings. The largest absolute Gasteiger partial charge is 0.497 e. The van der Waals surface area contributed by atoms with Gasteiger partial charge in [0, 0.05) is 62.1 Å². The number of halogens is 1. The number of carbonyl (C=O) groups is 1. The van der Waals surface area contributed by atoms with E-state index in [0.717, 1.165) is 9.31 Å². The standard InChI is InChI=1S/C22H25FN4O4S2/c1-26(2)33(29,30)19-10-16(22(28)27(3)14-21-24-7-8-32-21)9-17(11-19)25-13-15-5-6-18(31-4)12-20(15)23/h5-12,25H,13-14H2,1-4H3. The van der Waals surface area contributed by atoms with Gasteiger partial charge in [-0.1, -0.05) is 6.07 Å². The van der Waals surface area contributed by atoms with Crippen LogP contribution in [0, 0.1) is 5.82 Å². The molecule has 0 unspecified atom stereocenters. The molecule has 176 valence electrons. The fraction of sp³-hybridized carbons (Fsp3) is 0.273. The molecule has 0 bridgehead atoms. The number of nitrogens with zero attached hydrogens (tertiary/aromatic N) is 3. The highest BCUT2D eigenvalue weighted by Crippen LogP contribution is 2.24. The van der Waals surface area contributed by atoms with Gasteiger partial charge in [0.2, 0.25) is 10.0 Å². The lowest BCUT2D eigenvalue weighted by molar-refractivity contribution is 0.0784. The van der Waals surface area contributed by atoms with Crippen molar-refractivity contribution < 1.29 is 22.3 Å². The first-order valence-electron chi connectivity index (χ1n) is 9.89. The van der Waals surface area contributed by atoms with Crippen LogP contribution in [-0.2, 0) is 23.1 Å². The van der Waals surface area contributed by atoms with E-state index in [0.29, 0.717) is 23.5 Å². The van der Waals surface area contributed by atoms with Crippen molar-refractivity contribution in [1.82, 2.24) is 14.2 Å².